The van der Waals surface area contributed by atoms with Crippen molar-refractivity contribution in [3.05, 3.63) is 81.6 Å². The van der Waals surface area contributed by atoms with Crippen molar-refractivity contribution >= 4 is 59.0 Å². The summed E-state index contributed by atoms with van der Waals surface area (Å²) in [6.45, 7) is 5.25. The number of esters is 4. The summed E-state index contributed by atoms with van der Waals surface area (Å²) in [5.41, 5.74) is 1.48. The Balaban J connectivity index is 1.44. The molecule has 0 aromatic heterocycles. The Kier molecular flexibility index (Phi) is 9.93. The molecule has 5 rings (SSSR count). The van der Waals surface area contributed by atoms with E-state index in [1.165, 1.54) is 89.2 Å². The van der Waals surface area contributed by atoms with Crippen LogP contribution < -0.4 is 18.9 Å². The fraction of sp³-hybridized carbons (Fsp3) is 0.212. The number of ether oxygens (including phenoxy) is 4. The Morgan fingerprint density at radius 3 is 1.50 bits per heavy atom. The molecule has 0 bridgehead atoms. The number of hydrogen-bond acceptors (Lipinski definition) is 12. The minimum Gasteiger partial charge on any atom is -0.427 e. The summed E-state index contributed by atoms with van der Waals surface area (Å²) >= 11 is 2.44. The van der Waals surface area contributed by atoms with Crippen molar-refractivity contribution in [2.24, 2.45) is 5.10 Å². The molecule has 0 spiro atoms. The van der Waals surface area contributed by atoms with Gasteiger partial charge in [-0.25, -0.2) is 14.6 Å². The summed E-state index contributed by atoms with van der Waals surface area (Å²) in [6, 6.07) is 15.0. The first-order chi connectivity index (χ1) is 22.1. The van der Waals surface area contributed by atoms with Gasteiger partial charge in [-0.15, -0.1) is 0 Å². The van der Waals surface area contributed by atoms with Crippen LogP contribution in [0, 0.1) is 0 Å². The van der Waals surface area contributed by atoms with E-state index in [1.54, 1.807) is 20.9 Å². The molecule has 11 nitrogen and oxygen atoms in total. The van der Waals surface area contributed by atoms with Crippen molar-refractivity contribution in [3.8, 4) is 23.0 Å². The van der Waals surface area contributed by atoms with Gasteiger partial charge in [-0.05, 0) is 67.1 Å². The van der Waals surface area contributed by atoms with Gasteiger partial charge in [0, 0.05) is 19.9 Å². The SMILES string of the molecule is CCC(=O)Oc1ccc(C(=O)Oc2ccc(OC(=O)c3ccc(OC(=O)CC)cc3)c3c2SC(=C2C(=O)N(C)N=C2CC)S3)cc1. The average Bonchev–Trinajstić information content (AvgIpc) is 3.63. The number of fused-ring (bicyclic) bond motifs is 1. The molecule has 0 fully saturated rings. The van der Waals surface area contributed by atoms with Crippen LogP contribution in [0.2, 0.25) is 0 Å². The van der Waals surface area contributed by atoms with Gasteiger partial charge < -0.3 is 18.9 Å². The fourth-order valence-corrected chi connectivity index (χ4v) is 6.96. The predicted molar refractivity (Wildman–Crippen MR) is 170 cm³/mol. The highest BCUT2D eigenvalue weighted by molar-refractivity contribution is 8.25. The number of amides is 1. The maximum atomic E-state index is 13.1. The molecular weight excluding hydrogens is 633 g/mol. The summed E-state index contributed by atoms with van der Waals surface area (Å²) in [4.78, 5) is 63.4. The van der Waals surface area contributed by atoms with Gasteiger partial charge in [0.05, 0.1) is 36.4 Å². The molecular formula is C33H28N2O9S2. The van der Waals surface area contributed by atoms with Crippen molar-refractivity contribution in [2.45, 2.75) is 49.8 Å². The normalized spacial score (nSPS) is 13.7. The lowest BCUT2D eigenvalue weighted by Crippen LogP contribution is -2.17. The second-order valence-corrected chi connectivity index (χ2v) is 12.1. The third-order valence-electron chi connectivity index (χ3n) is 6.66. The third-order valence-corrected chi connectivity index (χ3v) is 9.29. The topological polar surface area (TPSA) is 138 Å². The maximum absolute atomic E-state index is 13.1. The van der Waals surface area contributed by atoms with E-state index in [4.69, 9.17) is 18.9 Å². The van der Waals surface area contributed by atoms with Crippen LogP contribution in [0.5, 0.6) is 23.0 Å². The summed E-state index contributed by atoms with van der Waals surface area (Å²) < 4.78 is 22.5. The molecule has 3 aromatic carbocycles. The summed E-state index contributed by atoms with van der Waals surface area (Å²) in [5.74, 6) is -1.40. The zero-order valence-corrected chi connectivity index (χ0v) is 26.9. The first-order valence-electron chi connectivity index (χ1n) is 14.3. The van der Waals surface area contributed by atoms with E-state index in [-0.39, 0.29) is 41.4 Å². The van der Waals surface area contributed by atoms with E-state index in [2.05, 4.69) is 5.10 Å². The molecule has 2 heterocycles. The summed E-state index contributed by atoms with van der Waals surface area (Å²) in [7, 11) is 1.58. The van der Waals surface area contributed by atoms with E-state index >= 15 is 0 Å². The maximum Gasteiger partial charge on any atom is 0.343 e. The summed E-state index contributed by atoms with van der Waals surface area (Å²) in [6.07, 6.45) is 0.942. The number of hydrazone groups is 1. The van der Waals surface area contributed by atoms with Crippen molar-refractivity contribution in [2.75, 3.05) is 7.05 Å². The molecule has 46 heavy (non-hydrogen) atoms. The molecule has 13 heteroatoms. The Morgan fingerprint density at radius 1 is 0.674 bits per heavy atom. The van der Waals surface area contributed by atoms with Gasteiger partial charge in [-0.1, -0.05) is 44.3 Å². The Morgan fingerprint density at radius 2 is 1.11 bits per heavy atom. The minimum atomic E-state index is -0.664. The largest absolute Gasteiger partial charge is 0.427 e. The smallest absolute Gasteiger partial charge is 0.343 e. The van der Waals surface area contributed by atoms with Crippen LogP contribution in [0.25, 0.3) is 0 Å². The standard InChI is InChI=1S/C33H28N2O9S2/c1-5-22-27(30(38)35(4)34-22)33-45-28-23(43-31(39)18-8-12-20(13-9-18)41-25(36)6-2)16-17-24(29(28)46-33)44-32(40)19-10-14-21(15-11-19)42-26(37)7-3/h8-17H,5-7H2,1-4H3. The van der Waals surface area contributed by atoms with Crippen molar-refractivity contribution in [1.29, 1.82) is 0 Å². The van der Waals surface area contributed by atoms with Gasteiger partial charge >= 0.3 is 23.9 Å². The molecule has 2 aliphatic heterocycles. The lowest BCUT2D eigenvalue weighted by atomic mass is 10.1. The molecule has 0 atom stereocenters. The van der Waals surface area contributed by atoms with Crippen LogP contribution in [-0.4, -0.2) is 47.6 Å². The van der Waals surface area contributed by atoms with E-state index < -0.39 is 23.9 Å². The number of carbonyl (C=O) groups is 5. The summed E-state index contributed by atoms with van der Waals surface area (Å²) in [5, 5.41) is 5.61. The van der Waals surface area contributed by atoms with Gasteiger partial charge in [0.2, 0.25) is 0 Å². The van der Waals surface area contributed by atoms with Crippen LogP contribution >= 0.6 is 23.5 Å². The number of likely N-dealkylation sites (N-methyl/N-ethyl adjacent to an activating group) is 1. The molecule has 0 unspecified atom stereocenters. The molecule has 3 aromatic rings. The highest BCUT2D eigenvalue weighted by Crippen LogP contribution is 2.59. The Hall–Kier alpha value is -4.88. The molecule has 0 aliphatic carbocycles. The van der Waals surface area contributed by atoms with Gasteiger partial charge in [-0.2, -0.15) is 5.10 Å². The van der Waals surface area contributed by atoms with Gasteiger partial charge in [0.15, 0.2) is 0 Å². The molecule has 236 valence electrons. The third kappa shape index (κ3) is 7.00. The monoisotopic (exact) mass is 660 g/mol. The quantitative estimate of drug-likeness (QED) is 0.143. The second kappa shape index (κ2) is 14.0. The van der Waals surface area contributed by atoms with Gasteiger partial charge in [0.25, 0.3) is 5.91 Å². The molecule has 0 radical (unpaired) electrons. The zero-order valence-electron chi connectivity index (χ0n) is 25.3. The van der Waals surface area contributed by atoms with Crippen molar-refractivity contribution < 1.29 is 42.9 Å². The Bertz CT molecular complexity index is 1690. The number of hydrogen-bond donors (Lipinski definition) is 0. The molecule has 0 N–H and O–H groups in total. The first kappa shape index (κ1) is 32.5. The van der Waals surface area contributed by atoms with Crippen LogP contribution in [0.15, 0.2) is 85.4 Å². The van der Waals surface area contributed by atoms with E-state index in [9.17, 15) is 24.0 Å². The lowest BCUT2D eigenvalue weighted by Gasteiger charge is -2.12. The Labute approximate surface area is 272 Å². The number of thioether (sulfide) groups is 2. The fourth-order valence-electron chi connectivity index (χ4n) is 4.25. The lowest BCUT2D eigenvalue weighted by molar-refractivity contribution is -0.134. The number of benzene rings is 3. The predicted octanol–water partition coefficient (Wildman–Crippen LogP) is 6.40. The van der Waals surface area contributed by atoms with Crippen LogP contribution in [0.4, 0.5) is 0 Å². The van der Waals surface area contributed by atoms with Crippen LogP contribution in [0.3, 0.4) is 0 Å². The van der Waals surface area contributed by atoms with Gasteiger partial charge in [0.1, 0.15) is 23.0 Å². The second-order valence-electron chi connectivity index (χ2n) is 9.80. The number of nitrogens with zero attached hydrogens (tertiary/aromatic N) is 2. The van der Waals surface area contributed by atoms with Gasteiger partial charge in [-0.3, -0.25) is 14.4 Å². The molecule has 0 saturated carbocycles. The van der Waals surface area contributed by atoms with Crippen LogP contribution in [-0.2, 0) is 14.4 Å². The van der Waals surface area contributed by atoms with Crippen molar-refractivity contribution in [1.82, 2.24) is 5.01 Å². The minimum absolute atomic E-state index is 0.199. The van der Waals surface area contributed by atoms with Crippen molar-refractivity contribution in [3.63, 3.8) is 0 Å². The highest BCUT2D eigenvalue weighted by atomic mass is 32.2. The molecule has 2 aliphatic rings. The zero-order chi connectivity index (χ0) is 33.0. The van der Waals surface area contributed by atoms with E-state index in [0.29, 0.717) is 43.2 Å². The number of carbonyl (C=O) groups excluding carboxylic acids is 5. The number of rotatable bonds is 9. The average molecular weight is 661 g/mol. The molecule has 0 saturated heterocycles. The van der Waals surface area contributed by atoms with E-state index in [1.807, 2.05) is 6.92 Å². The van der Waals surface area contributed by atoms with E-state index in [0.717, 1.165) is 0 Å². The molecule has 1 amide bonds. The highest BCUT2D eigenvalue weighted by Gasteiger charge is 2.36. The van der Waals surface area contributed by atoms with Crippen LogP contribution in [0.1, 0.15) is 60.7 Å². The first-order valence-corrected chi connectivity index (χ1v) is 15.9.